The Kier molecular flexibility index (Phi) is 2.02. The first kappa shape index (κ1) is 7.63. The Labute approximate surface area is 69.0 Å². The van der Waals surface area contributed by atoms with Crippen molar-refractivity contribution in [3.05, 3.63) is 21.9 Å². The molecule has 0 saturated carbocycles. The van der Waals surface area contributed by atoms with Gasteiger partial charge >= 0.3 is 0 Å². The average Bonchev–Trinajstić information content (AvgIpc) is 1.84. The van der Waals surface area contributed by atoms with Crippen LogP contribution in [0.2, 0.25) is 10.2 Å². The van der Waals surface area contributed by atoms with Crippen LogP contribution >= 0.6 is 23.2 Å². The molecular formula is C6H6Cl2N2. The van der Waals surface area contributed by atoms with Crippen LogP contribution in [0.3, 0.4) is 0 Å². The van der Waals surface area contributed by atoms with Crippen LogP contribution in [-0.2, 0) is 0 Å². The summed E-state index contributed by atoms with van der Waals surface area (Å²) in [7, 11) is 0. The standard InChI is InChI=1S/C6H6Cl2N2/c1-3-5(9)2-4(7)6(8)10-3/h2H,9H2,1H3. The third kappa shape index (κ3) is 1.33. The summed E-state index contributed by atoms with van der Waals surface area (Å²) in [6.45, 7) is 1.78. The van der Waals surface area contributed by atoms with Crippen LogP contribution in [0.4, 0.5) is 5.69 Å². The second-order valence-corrected chi connectivity index (χ2v) is 2.70. The summed E-state index contributed by atoms with van der Waals surface area (Å²) >= 11 is 11.2. The van der Waals surface area contributed by atoms with Crippen LogP contribution in [0.25, 0.3) is 0 Å². The van der Waals surface area contributed by atoms with Crippen LogP contribution in [0.5, 0.6) is 0 Å². The van der Waals surface area contributed by atoms with Crippen molar-refractivity contribution in [2.24, 2.45) is 0 Å². The molecule has 54 valence electrons. The van der Waals surface area contributed by atoms with E-state index in [-0.39, 0.29) is 0 Å². The Bertz CT molecular complexity index is 210. The molecule has 0 spiro atoms. The van der Waals surface area contributed by atoms with Crippen LogP contribution in [-0.4, -0.2) is 4.98 Å². The van der Waals surface area contributed by atoms with Gasteiger partial charge < -0.3 is 5.73 Å². The fraction of sp³-hybridized carbons (Fsp3) is 0.167. The van der Waals surface area contributed by atoms with Gasteiger partial charge in [0.05, 0.1) is 16.4 Å². The number of hydrogen-bond donors (Lipinski definition) is 1. The predicted molar refractivity (Wildman–Crippen MR) is 43.4 cm³/mol. The first-order valence-electron chi connectivity index (χ1n) is 2.69. The van der Waals surface area contributed by atoms with Gasteiger partial charge in [0.15, 0.2) is 0 Å². The minimum absolute atomic E-state index is 0.299. The number of nitrogens with two attached hydrogens (primary N) is 1. The predicted octanol–water partition coefficient (Wildman–Crippen LogP) is 2.28. The van der Waals surface area contributed by atoms with Crippen LogP contribution in [0.1, 0.15) is 5.69 Å². The first-order chi connectivity index (χ1) is 4.61. The van der Waals surface area contributed by atoms with Crippen molar-refractivity contribution in [3.63, 3.8) is 0 Å². The number of aromatic nitrogens is 1. The minimum Gasteiger partial charge on any atom is -0.397 e. The number of nitrogens with zero attached hydrogens (tertiary/aromatic N) is 1. The summed E-state index contributed by atoms with van der Waals surface area (Å²) < 4.78 is 0. The quantitative estimate of drug-likeness (QED) is 0.617. The Morgan fingerprint density at radius 3 is 2.60 bits per heavy atom. The maximum absolute atomic E-state index is 5.61. The van der Waals surface area contributed by atoms with Crippen LogP contribution < -0.4 is 5.73 Å². The number of hydrogen-bond acceptors (Lipinski definition) is 2. The molecule has 4 heteroatoms. The van der Waals surface area contributed by atoms with Crippen molar-refractivity contribution in [3.8, 4) is 0 Å². The SMILES string of the molecule is Cc1nc(Cl)c(Cl)cc1N. The van der Waals surface area contributed by atoms with E-state index >= 15 is 0 Å². The van der Waals surface area contributed by atoms with Gasteiger partial charge in [0, 0.05) is 0 Å². The average molecular weight is 177 g/mol. The zero-order valence-corrected chi connectivity index (χ0v) is 6.87. The van der Waals surface area contributed by atoms with Gasteiger partial charge in [0.2, 0.25) is 0 Å². The molecule has 2 N–H and O–H groups in total. The lowest BCUT2D eigenvalue weighted by Crippen LogP contribution is -1.92. The normalized spacial score (nSPS) is 9.90. The molecule has 10 heavy (non-hydrogen) atoms. The number of pyridine rings is 1. The van der Waals surface area contributed by atoms with Gasteiger partial charge in [-0.25, -0.2) is 4.98 Å². The lowest BCUT2D eigenvalue weighted by atomic mass is 10.3. The molecule has 0 aliphatic carbocycles. The largest absolute Gasteiger partial charge is 0.397 e. The van der Waals surface area contributed by atoms with E-state index in [4.69, 9.17) is 28.9 Å². The summed E-state index contributed by atoms with van der Waals surface area (Å²) in [5.41, 5.74) is 6.75. The maximum Gasteiger partial charge on any atom is 0.148 e. The molecule has 0 bridgehead atoms. The van der Waals surface area contributed by atoms with E-state index in [9.17, 15) is 0 Å². The summed E-state index contributed by atoms with van der Waals surface area (Å²) in [4.78, 5) is 3.88. The topological polar surface area (TPSA) is 38.9 Å². The fourth-order valence-electron chi connectivity index (χ4n) is 0.566. The highest BCUT2D eigenvalue weighted by molar-refractivity contribution is 6.41. The van der Waals surface area contributed by atoms with Gasteiger partial charge in [-0.15, -0.1) is 0 Å². The van der Waals surface area contributed by atoms with Gasteiger partial charge in [0.1, 0.15) is 5.15 Å². The van der Waals surface area contributed by atoms with Gasteiger partial charge in [-0.1, -0.05) is 23.2 Å². The number of nitrogen functional groups attached to an aromatic ring is 1. The van der Waals surface area contributed by atoms with Gasteiger partial charge in [0.25, 0.3) is 0 Å². The molecule has 0 aliphatic rings. The molecule has 1 heterocycles. The zero-order valence-electron chi connectivity index (χ0n) is 5.36. The number of aryl methyl sites for hydroxylation is 1. The van der Waals surface area contributed by atoms with Crippen molar-refractivity contribution >= 4 is 28.9 Å². The Hall–Kier alpha value is -0.470. The van der Waals surface area contributed by atoms with Crippen molar-refractivity contribution in [2.75, 3.05) is 5.73 Å². The van der Waals surface area contributed by atoms with Crippen LogP contribution in [0, 0.1) is 6.92 Å². The molecule has 0 fully saturated rings. The van der Waals surface area contributed by atoms with E-state index in [0.717, 1.165) is 0 Å². The summed E-state index contributed by atoms with van der Waals surface area (Å²) in [5, 5.41) is 0.693. The van der Waals surface area contributed by atoms with Crippen molar-refractivity contribution in [1.82, 2.24) is 4.98 Å². The Balaban J connectivity index is 3.28. The Morgan fingerprint density at radius 1 is 1.50 bits per heavy atom. The molecule has 0 radical (unpaired) electrons. The van der Waals surface area contributed by atoms with Gasteiger partial charge in [-0.05, 0) is 13.0 Å². The van der Waals surface area contributed by atoms with Crippen molar-refractivity contribution < 1.29 is 0 Å². The summed E-state index contributed by atoms with van der Waals surface area (Å²) in [6.07, 6.45) is 0. The van der Waals surface area contributed by atoms with Crippen molar-refractivity contribution in [1.29, 1.82) is 0 Å². The highest BCUT2D eigenvalue weighted by Gasteiger charge is 2.01. The van der Waals surface area contributed by atoms with Gasteiger partial charge in [-0.3, -0.25) is 0 Å². The molecule has 1 aromatic heterocycles. The number of rotatable bonds is 0. The highest BCUT2D eigenvalue weighted by Crippen LogP contribution is 2.22. The van der Waals surface area contributed by atoms with E-state index < -0.39 is 0 Å². The van der Waals surface area contributed by atoms with E-state index in [1.807, 2.05) is 0 Å². The molecule has 0 aliphatic heterocycles. The highest BCUT2D eigenvalue weighted by atomic mass is 35.5. The molecule has 1 rings (SSSR count). The second-order valence-electron chi connectivity index (χ2n) is 1.94. The minimum atomic E-state index is 0.299. The van der Waals surface area contributed by atoms with E-state index in [0.29, 0.717) is 21.6 Å². The van der Waals surface area contributed by atoms with Gasteiger partial charge in [-0.2, -0.15) is 0 Å². The monoisotopic (exact) mass is 176 g/mol. The fourth-order valence-corrected chi connectivity index (χ4v) is 0.907. The van der Waals surface area contributed by atoms with E-state index in [2.05, 4.69) is 4.98 Å². The molecule has 0 amide bonds. The smallest absolute Gasteiger partial charge is 0.148 e. The van der Waals surface area contributed by atoms with E-state index in [1.165, 1.54) is 0 Å². The van der Waals surface area contributed by atoms with Crippen LogP contribution in [0.15, 0.2) is 6.07 Å². The third-order valence-corrected chi connectivity index (χ3v) is 1.84. The third-order valence-electron chi connectivity index (χ3n) is 1.16. The lowest BCUT2D eigenvalue weighted by molar-refractivity contribution is 1.21. The molecule has 2 nitrogen and oxygen atoms in total. The molecule has 0 aromatic carbocycles. The van der Waals surface area contributed by atoms with E-state index in [1.54, 1.807) is 13.0 Å². The maximum atomic E-state index is 5.61. The second kappa shape index (κ2) is 2.64. The summed E-state index contributed by atoms with van der Waals surface area (Å²) in [6, 6.07) is 1.59. The number of halogens is 2. The molecule has 0 saturated heterocycles. The summed E-state index contributed by atoms with van der Waals surface area (Å²) in [5.74, 6) is 0. The molecule has 1 aromatic rings. The number of anilines is 1. The Morgan fingerprint density at radius 2 is 2.10 bits per heavy atom. The van der Waals surface area contributed by atoms with Crippen molar-refractivity contribution in [2.45, 2.75) is 6.92 Å². The first-order valence-corrected chi connectivity index (χ1v) is 3.45. The lowest BCUT2D eigenvalue weighted by Gasteiger charge is -1.99. The molecule has 0 unspecified atom stereocenters. The zero-order chi connectivity index (χ0) is 7.72. The molecule has 0 atom stereocenters. The molecular weight excluding hydrogens is 171 g/mol.